The summed E-state index contributed by atoms with van der Waals surface area (Å²) in [6.07, 6.45) is 0. The first-order valence-corrected chi connectivity index (χ1v) is 9.98. The molecule has 2 N–H and O–H groups in total. The molecule has 150 valence electrons. The molecule has 1 atom stereocenters. The van der Waals surface area contributed by atoms with Gasteiger partial charge in [0, 0.05) is 19.7 Å². The number of aliphatic hydroxyl groups is 1. The maximum atomic E-state index is 12.4. The van der Waals surface area contributed by atoms with Gasteiger partial charge in [-0.3, -0.25) is 4.79 Å². The molecule has 0 saturated heterocycles. The van der Waals surface area contributed by atoms with Gasteiger partial charge in [0.05, 0.1) is 11.4 Å². The predicted octanol–water partition coefficient (Wildman–Crippen LogP) is 1.30. The minimum Gasteiger partial charge on any atom is -0.454 e. The molecule has 9 heteroatoms. The Kier molecular flexibility index (Phi) is 5.33. The van der Waals surface area contributed by atoms with E-state index in [1.807, 2.05) is 0 Å². The molecule has 2 aromatic rings. The highest BCUT2D eigenvalue weighted by molar-refractivity contribution is 7.89. The van der Waals surface area contributed by atoms with Crippen molar-refractivity contribution in [3.63, 3.8) is 0 Å². The average Bonchev–Trinajstić information content (AvgIpc) is 3.14. The van der Waals surface area contributed by atoms with Gasteiger partial charge in [-0.05, 0) is 48.9 Å². The Morgan fingerprint density at radius 1 is 1.14 bits per heavy atom. The topological polar surface area (TPSA) is 105 Å². The van der Waals surface area contributed by atoms with Crippen molar-refractivity contribution in [2.75, 3.05) is 27.4 Å². The number of hydrogen-bond donors (Lipinski definition) is 2. The Labute approximate surface area is 163 Å². The normalized spacial score (nSPS) is 15.3. The fourth-order valence-electron chi connectivity index (χ4n) is 2.68. The van der Waals surface area contributed by atoms with Crippen molar-refractivity contribution in [3.05, 3.63) is 53.6 Å². The number of ether oxygens (including phenoxy) is 2. The van der Waals surface area contributed by atoms with E-state index in [4.69, 9.17) is 9.47 Å². The van der Waals surface area contributed by atoms with Gasteiger partial charge in [0.2, 0.25) is 16.8 Å². The maximum Gasteiger partial charge on any atom is 0.251 e. The standard InChI is InChI=1S/C19H22N2O6S/c1-19(23,14-6-9-16-17(10-14)27-12-26-16)11-20-18(22)13-4-7-15(8-5-13)28(24,25)21(2)3/h4-10,23H,11-12H2,1-3H3,(H,20,22). The summed E-state index contributed by atoms with van der Waals surface area (Å²) < 4.78 is 35.8. The van der Waals surface area contributed by atoms with E-state index in [0.717, 1.165) is 4.31 Å². The molecule has 3 rings (SSSR count). The summed E-state index contributed by atoms with van der Waals surface area (Å²) in [6.45, 7) is 1.68. The Bertz CT molecular complexity index is 984. The molecular weight excluding hydrogens is 384 g/mol. The number of nitrogens with one attached hydrogen (secondary N) is 1. The SMILES string of the molecule is CN(C)S(=O)(=O)c1ccc(C(=O)NCC(C)(O)c2ccc3c(c2)OCO3)cc1. The summed E-state index contributed by atoms with van der Waals surface area (Å²) >= 11 is 0. The quantitative estimate of drug-likeness (QED) is 0.749. The van der Waals surface area contributed by atoms with E-state index in [1.165, 1.54) is 38.4 Å². The van der Waals surface area contributed by atoms with Gasteiger partial charge in [-0.25, -0.2) is 12.7 Å². The van der Waals surface area contributed by atoms with Gasteiger partial charge >= 0.3 is 0 Å². The van der Waals surface area contributed by atoms with Crippen LogP contribution in [0.4, 0.5) is 0 Å². The summed E-state index contributed by atoms with van der Waals surface area (Å²) in [7, 11) is -0.679. The maximum absolute atomic E-state index is 12.4. The zero-order chi connectivity index (χ0) is 20.5. The fraction of sp³-hybridized carbons (Fsp3) is 0.316. The second-order valence-electron chi connectivity index (χ2n) is 6.84. The molecule has 0 saturated carbocycles. The molecule has 0 spiro atoms. The molecule has 1 heterocycles. The zero-order valence-electron chi connectivity index (χ0n) is 15.8. The van der Waals surface area contributed by atoms with Crippen molar-refractivity contribution < 1.29 is 27.8 Å². The van der Waals surface area contributed by atoms with E-state index < -0.39 is 21.5 Å². The number of hydrogen-bond acceptors (Lipinski definition) is 6. The predicted molar refractivity (Wildman–Crippen MR) is 102 cm³/mol. The van der Waals surface area contributed by atoms with E-state index in [1.54, 1.807) is 25.1 Å². The van der Waals surface area contributed by atoms with Gasteiger partial charge in [-0.1, -0.05) is 6.07 Å². The van der Waals surface area contributed by atoms with Crippen LogP contribution in [0.15, 0.2) is 47.4 Å². The lowest BCUT2D eigenvalue weighted by Gasteiger charge is -2.24. The molecule has 28 heavy (non-hydrogen) atoms. The molecule has 1 aliphatic heterocycles. The van der Waals surface area contributed by atoms with Crippen LogP contribution < -0.4 is 14.8 Å². The number of nitrogens with zero attached hydrogens (tertiary/aromatic N) is 1. The van der Waals surface area contributed by atoms with Crippen molar-refractivity contribution in [2.24, 2.45) is 0 Å². The molecule has 0 fully saturated rings. The second-order valence-corrected chi connectivity index (χ2v) is 8.99. The summed E-state index contributed by atoms with van der Waals surface area (Å²) in [6, 6.07) is 10.7. The highest BCUT2D eigenvalue weighted by atomic mass is 32.2. The largest absolute Gasteiger partial charge is 0.454 e. The number of rotatable bonds is 6. The first kappa shape index (κ1) is 20.1. The van der Waals surface area contributed by atoms with E-state index in [9.17, 15) is 18.3 Å². The van der Waals surface area contributed by atoms with Crippen LogP contribution in [0.2, 0.25) is 0 Å². The first-order valence-electron chi connectivity index (χ1n) is 8.54. The summed E-state index contributed by atoms with van der Waals surface area (Å²) in [5, 5.41) is 13.4. The van der Waals surface area contributed by atoms with Gasteiger partial charge in [0.25, 0.3) is 5.91 Å². The molecule has 0 radical (unpaired) electrons. The molecule has 1 aliphatic rings. The summed E-state index contributed by atoms with van der Waals surface area (Å²) in [5.74, 6) is 0.730. The Balaban J connectivity index is 1.68. The van der Waals surface area contributed by atoms with E-state index in [0.29, 0.717) is 22.6 Å². The first-order chi connectivity index (χ1) is 13.1. The number of benzene rings is 2. The van der Waals surface area contributed by atoms with Crippen LogP contribution in [0, 0.1) is 0 Å². The Morgan fingerprint density at radius 3 is 2.43 bits per heavy atom. The molecule has 0 bridgehead atoms. The lowest BCUT2D eigenvalue weighted by atomic mass is 9.95. The van der Waals surface area contributed by atoms with Crippen molar-refractivity contribution in [2.45, 2.75) is 17.4 Å². The highest BCUT2D eigenvalue weighted by Gasteiger charge is 2.27. The zero-order valence-corrected chi connectivity index (χ0v) is 16.6. The van der Waals surface area contributed by atoms with Crippen LogP contribution >= 0.6 is 0 Å². The van der Waals surface area contributed by atoms with Crippen LogP contribution in [0.5, 0.6) is 11.5 Å². The van der Waals surface area contributed by atoms with Gasteiger partial charge in [0.15, 0.2) is 11.5 Å². The van der Waals surface area contributed by atoms with Gasteiger partial charge in [-0.15, -0.1) is 0 Å². The smallest absolute Gasteiger partial charge is 0.251 e. The molecule has 2 aromatic carbocycles. The lowest BCUT2D eigenvalue weighted by molar-refractivity contribution is 0.0525. The number of carbonyl (C=O) groups excluding carboxylic acids is 1. The van der Waals surface area contributed by atoms with Crippen LogP contribution in [-0.4, -0.2) is 51.2 Å². The molecule has 0 aliphatic carbocycles. The number of fused-ring (bicyclic) bond motifs is 1. The Hall–Kier alpha value is -2.62. The van der Waals surface area contributed by atoms with Crippen molar-refractivity contribution in [1.29, 1.82) is 0 Å². The minimum atomic E-state index is -3.56. The van der Waals surface area contributed by atoms with Crippen LogP contribution in [0.25, 0.3) is 0 Å². The van der Waals surface area contributed by atoms with Crippen LogP contribution in [0.3, 0.4) is 0 Å². The third-order valence-corrected chi connectivity index (χ3v) is 6.31. The van der Waals surface area contributed by atoms with Crippen molar-refractivity contribution >= 4 is 15.9 Å². The molecule has 1 amide bonds. The average molecular weight is 406 g/mol. The molecule has 8 nitrogen and oxygen atoms in total. The van der Waals surface area contributed by atoms with E-state index >= 15 is 0 Å². The number of sulfonamides is 1. The fourth-order valence-corrected chi connectivity index (χ4v) is 3.58. The molecule has 1 unspecified atom stereocenters. The van der Waals surface area contributed by atoms with E-state index in [-0.39, 0.29) is 18.2 Å². The summed E-state index contributed by atoms with van der Waals surface area (Å²) in [4.78, 5) is 12.5. The van der Waals surface area contributed by atoms with Crippen LogP contribution in [0.1, 0.15) is 22.8 Å². The molecular formula is C19H22N2O6S. The lowest BCUT2D eigenvalue weighted by Crippen LogP contribution is -2.38. The number of carbonyl (C=O) groups is 1. The van der Waals surface area contributed by atoms with Crippen LogP contribution in [-0.2, 0) is 15.6 Å². The number of amides is 1. The highest BCUT2D eigenvalue weighted by Crippen LogP contribution is 2.35. The monoisotopic (exact) mass is 406 g/mol. The third kappa shape index (κ3) is 3.96. The third-order valence-electron chi connectivity index (χ3n) is 4.48. The molecule has 0 aromatic heterocycles. The second kappa shape index (κ2) is 7.42. The summed E-state index contributed by atoms with van der Waals surface area (Å²) in [5.41, 5.74) is -0.464. The van der Waals surface area contributed by atoms with Crippen molar-refractivity contribution in [1.82, 2.24) is 9.62 Å². The van der Waals surface area contributed by atoms with Crippen molar-refractivity contribution in [3.8, 4) is 11.5 Å². The van der Waals surface area contributed by atoms with E-state index in [2.05, 4.69) is 5.32 Å². The minimum absolute atomic E-state index is 0.0385. The Morgan fingerprint density at radius 2 is 1.79 bits per heavy atom. The van der Waals surface area contributed by atoms with Gasteiger partial charge < -0.3 is 19.9 Å². The van der Waals surface area contributed by atoms with Gasteiger partial charge in [0.1, 0.15) is 5.60 Å². The van der Waals surface area contributed by atoms with Gasteiger partial charge in [-0.2, -0.15) is 0 Å².